The van der Waals surface area contributed by atoms with Crippen LogP contribution in [-0.4, -0.2) is 36.4 Å². The number of amides is 1. The van der Waals surface area contributed by atoms with Crippen LogP contribution in [0.15, 0.2) is 18.2 Å². The number of anilines is 1. The molecule has 1 aromatic heterocycles. The van der Waals surface area contributed by atoms with Gasteiger partial charge in [-0.15, -0.1) is 10.2 Å². The fourth-order valence-corrected chi connectivity index (χ4v) is 3.14. The highest BCUT2D eigenvalue weighted by molar-refractivity contribution is 7.15. The van der Waals surface area contributed by atoms with E-state index < -0.39 is 0 Å². The molecule has 0 saturated carbocycles. The molecule has 8 heteroatoms. The SMILES string of the molecule is COc1cccc2c1OC[C@@H](C(=O)NCCc1nnc(N)s1)C2. The average molecular weight is 334 g/mol. The number of ether oxygens (including phenoxy) is 2. The molecule has 23 heavy (non-hydrogen) atoms. The van der Waals surface area contributed by atoms with E-state index in [4.69, 9.17) is 15.2 Å². The van der Waals surface area contributed by atoms with Crippen LogP contribution in [-0.2, 0) is 17.6 Å². The first-order chi connectivity index (χ1) is 11.2. The number of methoxy groups -OCH3 is 1. The van der Waals surface area contributed by atoms with E-state index in [1.807, 2.05) is 18.2 Å². The number of fused-ring (bicyclic) bond motifs is 1. The first kappa shape index (κ1) is 15.5. The zero-order chi connectivity index (χ0) is 16.2. The van der Waals surface area contributed by atoms with Crippen LogP contribution in [0.2, 0.25) is 0 Å². The Balaban J connectivity index is 1.54. The van der Waals surface area contributed by atoms with E-state index >= 15 is 0 Å². The fourth-order valence-electron chi connectivity index (χ4n) is 2.53. The van der Waals surface area contributed by atoms with Gasteiger partial charge in [0.1, 0.15) is 11.6 Å². The minimum Gasteiger partial charge on any atom is -0.493 e. The molecule has 0 saturated heterocycles. The lowest BCUT2D eigenvalue weighted by Crippen LogP contribution is -2.38. The molecule has 0 aliphatic carbocycles. The summed E-state index contributed by atoms with van der Waals surface area (Å²) in [6, 6.07) is 5.72. The van der Waals surface area contributed by atoms with Crippen molar-refractivity contribution in [1.29, 1.82) is 0 Å². The monoisotopic (exact) mass is 334 g/mol. The Morgan fingerprint density at radius 2 is 2.39 bits per heavy atom. The highest BCUT2D eigenvalue weighted by atomic mass is 32.1. The maximum absolute atomic E-state index is 12.3. The largest absolute Gasteiger partial charge is 0.493 e. The van der Waals surface area contributed by atoms with Crippen LogP contribution in [0.1, 0.15) is 10.6 Å². The molecule has 0 fully saturated rings. The third kappa shape index (κ3) is 3.53. The van der Waals surface area contributed by atoms with E-state index in [2.05, 4.69) is 15.5 Å². The molecule has 1 aliphatic rings. The quantitative estimate of drug-likeness (QED) is 0.847. The van der Waals surface area contributed by atoms with Crippen molar-refractivity contribution < 1.29 is 14.3 Å². The summed E-state index contributed by atoms with van der Waals surface area (Å²) >= 11 is 1.34. The summed E-state index contributed by atoms with van der Waals surface area (Å²) in [6.45, 7) is 0.861. The second-order valence-electron chi connectivity index (χ2n) is 5.24. The van der Waals surface area contributed by atoms with Crippen LogP contribution >= 0.6 is 11.3 Å². The van der Waals surface area contributed by atoms with Gasteiger partial charge in [-0.25, -0.2) is 0 Å². The maximum atomic E-state index is 12.3. The molecule has 0 unspecified atom stereocenters. The predicted octanol–water partition coefficient (Wildman–Crippen LogP) is 1.04. The fraction of sp³-hybridized carbons (Fsp3) is 0.400. The van der Waals surface area contributed by atoms with E-state index in [9.17, 15) is 4.79 Å². The number of nitrogens with two attached hydrogens (primary N) is 1. The Kier molecular flexibility index (Phi) is 4.61. The molecule has 0 spiro atoms. The predicted molar refractivity (Wildman–Crippen MR) is 86.7 cm³/mol. The molecule has 1 atom stereocenters. The van der Waals surface area contributed by atoms with Crippen LogP contribution in [0.5, 0.6) is 11.5 Å². The van der Waals surface area contributed by atoms with Crippen molar-refractivity contribution in [1.82, 2.24) is 15.5 Å². The number of para-hydroxylation sites is 1. The molecule has 7 nitrogen and oxygen atoms in total. The lowest BCUT2D eigenvalue weighted by molar-refractivity contribution is -0.126. The normalized spacial score (nSPS) is 16.3. The van der Waals surface area contributed by atoms with E-state index in [0.29, 0.717) is 36.9 Å². The minimum atomic E-state index is -0.200. The summed E-state index contributed by atoms with van der Waals surface area (Å²) in [4.78, 5) is 12.3. The average Bonchev–Trinajstić information content (AvgIpc) is 2.99. The zero-order valence-electron chi connectivity index (χ0n) is 12.7. The number of carbonyl (C=O) groups excluding carboxylic acids is 1. The van der Waals surface area contributed by atoms with Crippen LogP contribution in [0.25, 0.3) is 0 Å². The third-order valence-electron chi connectivity index (χ3n) is 3.67. The molecule has 1 amide bonds. The van der Waals surface area contributed by atoms with Crippen LogP contribution < -0.4 is 20.5 Å². The van der Waals surface area contributed by atoms with Gasteiger partial charge in [0.05, 0.1) is 13.0 Å². The van der Waals surface area contributed by atoms with Crippen LogP contribution in [0.3, 0.4) is 0 Å². The van der Waals surface area contributed by atoms with Gasteiger partial charge in [-0.2, -0.15) is 0 Å². The van der Waals surface area contributed by atoms with Crippen molar-refractivity contribution in [2.75, 3.05) is 26.0 Å². The zero-order valence-corrected chi connectivity index (χ0v) is 13.6. The van der Waals surface area contributed by atoms with E-state index in [1.54, 1.807) is 7.11 Å². The van der Waals surface area contributed by atoms with Gasteiger partial charge < -0.3 is 20.5 Å². The minimum absolute atomic E-state index is 0.0176. The molecular formula is C15H18N4O3S. The van der Waals surface area contributed by atoms with Crippen LogP contribution in [0.4, 0.5) is 5.13 Å². The highest BCUT2D eigenvalue weighted by Gasteiger charge is 2.27. The topological polar surface area (TPSA) is 99.4 Å². The van der Waals surface area contributed by atoms with Gasteiger partial charge in [-0.1, -0.05) is 23.5 Å². The van der Waals surface area contributed by atoms with Crippen molar-refractivity contribution in [3.8, 4) is 11.5 Å². The van der Waals surface area contributed by atoms with Crippen molar-refractivity contribution in [3.63, 3.8) is 0 Å². The molecule has 2 heterocycles. The van der Waals surface area contributed by atoms with Gasteiger partial charge >= 0.3 is 0 Å². The number of hydrogen-bond donors (Lipinski definition) is 2. The number of nitrogens with one attached hydrogen (secondary N) is 1. The van der Waals surface area contributed by atoms with Crippen molar-refractivity contribution >= 4 is 22.4 Å². The molecule has 2 aromatic rings. The summed E-state index contributed by atoms with van der Waals surface area (Å²) in [5.41, 5.74) is 6.52. The first-order valence-electron chi connectivity index (χ1n) is 7.31. The molecule has 3 rings (SSSR count). The number of nitrogens with zero attached hydrogens (tertiary/aromatic N) is 2. The number of rotatable bonds is 5. The second-order valence-corrected chi connectivity index (χ2v) is 6.33. The maximum Gasteiger partial charge on any atom is 0.226 e. The lowest BCUT2D eigenvalue weighted by Gasteiger charge is -2.25. The number of hydrogen-bond acceptors (Lipinski definition) is 7. The second kappa shape index (κ2) is 6.82. The molecule has 0 bridgehead atoms. The van der Waals surface area contributed by atoms with Gasteiger partial charge in [0.15, 0.2) is 11.5 Å². The Bertz CT molecular complexity index is 704. The number of carbonyl (C=O) groups is 1. The van der Waals surface area contributed by atoms with Gasteiger partial charge in [-0.05, 0) is 18.1 Å². The molecular weight excluding hydrogens is 316 g/mol. The summed E-state index contributed by atoms with van der Waals surface area (Å²) in [6.07, 6.45) is 1.27. The highest BCUT2D eigenvalue weighted by Crippen LogP contribution is 2.35. The Morgan fingerprint density at radius 1 is 1.52 bits per heavy atom. The molecule has 1 aliphatic heterocycles. The molecule has 122 valence electrons. The van der Waals surface area contributed by atoms with Gasteiger partial charge in [0.2, 0.25) is 11.0 Å². The van der Waals surface area contributed by atoms with Crippen molar-refractivity contribution in [2.24, 2.45) is 5.92 Å². The standard InChI is InChI=1S/C15H18N4O3S/c1-21-11-4-2-3-9-7-10(8-22-13(9)11)14(20)17-6-5-12-18-19-15(16)23-12/h2-4,10H,5-8H2,1H3,(H2,16,19)(H,17,20)/t10-/m0/s1. The van der Waals surface area contributed by atoms with E-state index in [0.717, 1.165) is 16.3 Å². The van der Waals surface area contributed by atoms with Gasteiger partial charge in [0, 0.05) is 13.0 Å². The number of nitrogen functional groups attached to an aromatic ring is 1. The van der Waals surface area contributed by atoms with E-state index in [1.165, 1.54) is 11.3 Å². The first-order valence-corrected chi connectivity index (χ1v) is 8.13. The van der Waals surface area contributed by atoms with E-state index in [-0.39, 0.29) is 11.8 Å². The Labute approximate surface area is 137 Å². The molecule has 3 N–H and O–H groups in total. The molecule has 0 radical (unpaired) electrons. The summed E-state index contributed by atoms with van der Waals surface area (Å²) < 4.78 is 11.0. The van der Waals surface area contributed by atoms with Crippen molar-refractivity contribution in [3.05, 3.63) is 28.8 Å². The summed E-state index contributed by atoms with van der Waals surface area (Å²) in [5, 5.41) is 11.9. The summed E-state index contributed by atoms with van der Waals surface area (Å²) in [7, 11) is 1.61. The summed E-state index contributed by atoms with van der Waals surface area (Å²) in [5.74, 6) is 1.23. The van der Waals surface area contributed by atoms with Crippen molar-refractivity contribution in [2.45, 2.75) is 12.8 Å². The van der Waals surface area contributed by atoms with Gasteiger partial charge in [0.25, 0.3) is 0 Å². The molecule has 1 aromatic carbocycles. The Hall–Kier alpha value is -2.35. The Morgan fingerprint density at radius 3 is 3.13 bits per heavy atom. The third-order valence-corrected chi connectivity index (χ3v) is 4.48. The number of aromatic nitrogens is 2. The lowest BCUT2D eigenvalue weighted by atomic mass is 9.95. The smallest absolute Gasteiger partial charge is 0.226 e. The van der Waals surface area contributed by atoms with Crippen LogP contribution in [0, 0.1) is 5.92 Å². The van der Waals surface area contributed by atoms with Gasteiger partial charge in [-0.3, -0.25) is 4.79 Å². The number of benzene rings is 1.